The number of fused-ring (bicyclic) bond motifs is 5. The van der Waals surface area contributed by atoms with Gasteiger partial charge >= 0.3 is 5.97 Å². The summed E-state index contributed by atoms with van der Waals surface area (Å²) in [5.41, 5.74) is 0. The van der Waals surface area contributed by atoms with Crippen molar-refractivity contribution in [3.05, 3.63) is 57.1 Å². The first-order valence-corrected chi connectivity index (χ1v) is 23.0. The molecule has 53 heavy (non-hydrogen) atoms. The number of carbonyl (C=O) groups excluding carboxylic acids is 1. The van der Waals surface area contributed by atoms with Gasteiger partial charge in [0.05, 0.1) is 29.4 Å². The molecule has 4 heterocycles. The van der Waals surface area contributed by atoms with Gasteiger partial charge in [-0.15, -0.1) is 45.3 Å². The summed E-state index contributed by atoms with van der Waals surface area (Å²) in [4.78, 5) is 18.3. The normalized spacial score (nSPS) is 11.9. The maximum absolute atomic E-state index is 12.7. The van der Waals surface area contributed by atoms with E-state index in [9.17, 15) is 4.79 Å². The third-order valence-corrected chi connectivity index (χ3v) is 14.9. The van der Waals surface area contributed by atoms with E-state index in [0.29, 0.717) is 24.7 Å². The molecule has 0 aliphatic rings. The van der Waals surface area contributed by atoms with E-state index in [4.69, 9.17) is 14.2 Å². The molecule has 0 fully saturated rings. The smallest absolute Gasteiger partial charge is 0.348 e. The van der Waals surface area contributed by atoms with Gasteiger partial charge in [0.15, 0.2) is 0 Å². The highest BCUT2D eigenvalue weighted by Gasteiger charge is 2.22. The number of esters is 1. The van der Waals surface area contributed by atoms with Crippen LogP contribution in [0.15, 0.2) is 42.5 Å². The maximum atomic E-state index is 12.7. The highest BCUT2D eigenvalue weighted by Crippen LogP contribution is 2.50. The molecule has 7 aromatic rings. The van der Waals surface area contributed by atoms with Crippen molar-refractivity contribution in [2.24, 2.45) is 0 Å². The summed E-state index contributed by atoms with van der Waals surface area (Å²) in [6.45, 7) is 12.5. The lowest BCUT2D eigenvalue weighted by Gasteiger charge is -2.19. The summed E-state index contributed by atoms with van der Waals surface area (Å²) < 4.78 is 22.8. The van der Waals surface area contributed by atoms with E-state index in [1.165, 1.54) is 109 Å². The second kappa shape index (κ2) is 17.5. The van der Waals surface area contributed by atoms with Crippen molar-refractivity contribution < 1.29 is 19.0 Å². The molecule has 280 valence electrons. The third kappa shape index (κ3) is 8.26. The zero-order chi connectivity index (χ0) is 36.9. The predicted octanol–water partition coefficient (Wildman–Crippen LogP) is 15.6. The third-order valence-electron chi connectivity index (χ3n) is 10.2. The Labute approximate surface area is 330 Å². The summed E-state index contributed by atoms with van der Waals surface area (Å²) in [7, 11) is 0. The molecule has 0 amide bonds. The minimum atomic E-state index is -0.240. The molecule has 3 aromatic carbocycles. The van der Waals surface area contributed by atoms with Gasteiger partial charge in [-0.05, 0) is 86.8 Å². The monoisotopic (exact) mass is 784 g/mol. The topological polar surface area (TPSA) is 44.8 Å². The molecule has 0 saturated carbocycles. The van der Waals surface area contributed by atoms with Crippen LogP contribution in [0.5, 0.6) is 11.5 Å². The Kier molecular flexibility index (Phi) is 12.6. The van der Waals surface area contributed by atoms with Crippen molar-refractivity contribution in [3.63, 3.8) is 0 Å². The molecule has 0 N–H and O–H groups in total. The van der Waals surface area contributed by atoms with E-state index >= 15 is 0 Å². The Morgan fingerprint density at radius 2 is 1.11 bits per heavy atom. The van der Waals surface area contributed by atoms with Gasteiger partial charge in [-0.1, -0.05) is 78.1 Å². The molecule has 0 bridgehead atoms. The summed E-state index contributed by atoms with van der Waals surface area (Å²) in [6.07, 6.45) is 14.7. The fraction of sp³-hybridized carbons (Fsp3) is 0.444. The molecular weight excluding hydrogens is 733 g/mol. The number of carbonyl (C=O) groups is 1. The molecule has 0 unspecified atom stereocenters. The second-order valence-corrected chi connectivity index (χ2v) is 18.9. The van der Waals surface area contributed by atoms with Gasteiger partial charge in [-0.3, -0.25) is 0 Å². The van der Waals surface area contributed by atoms with Crippen molar-refractivity contribution in [1.29, 1.82) is 0 Å². The number of thiophene rings is 4. The van der Waals surface area contributed by atoms with E-state index in [1.807, 2.05) is 47.0 Å². The van der Waals surface area contributed by atoms with E-state index in [2.05, 4.69) is 64.1 Å². The lowest BCUT2D eigenvalue weighted by Crippen LogP contribution is -2.02. The number of hydrogen-bond acceptors (Lipinski definition) is 8. The summed E-state index contributed by atoms with van der Waals surface area (Å²) >= 11 is 7.03. The van der Waals surface area contributed by atoms with E-state index in [0.717, 1.165) is 51.3 Å². The molecule has 4 aromatic heterocycles. The van der Waals surface area contributed by atoms with Crippen LogP contribution in [0.1, 0.15) is 117 Å². The first-order chi connectivity index (χ1) is 25.9. The molecule has 0 saturated heterocycles. The van der Waals surface area contributed by atoms with Crippen molar-refractivity contribution in [3.8, 4) is 21.3 Å². The standard InChI is InChI=1S/C45H52O4S4/c1-6-9-11-13-15-17-19-48-41-33-22-30-21-28(4)50-37(30)26-35(33)42(49-20-18-16-14-12-10-7-2)34-23-31-24-39(52-38(31)27-36(34)41)44-43-32(29(5)51-44)25-40(53-43)45(46)47-8-3/h21-27H,6-20H2,1-5H3. The summed E-state index contributed by atoms with van der Waals surface area (Å²) in [5, 5.41) is 8.16. The number of unbranched alkanes of at least 4 members (excludes halogenated alkanes) is 10. The molecule has 0 aliphatic heterocycles. The number of hydrogen-bond donors (Lipinski definition) is 0. The van der Waals surface area contributed by atoms with Crippen LogP contribution >= 0.6 is 45.3 Å². The predicted molar refractivity (Wildman–Crippen MR) is 234 cm³/mol. The second-order valence-electron chi connectivity index (χ2n) is 14.3. The Morgan fingerprint density at radius 3 is 1.72 bits per heavy atom. The minimum Gasteiger partial charge on any atom is -0.492 e. The number of aryl methyl sites for hydroxylation is 2. The minimum absolute atomic E-state index is 0.240. The van der Waals surface area contributed by atoms with E-state index in [1.54, 1.807) is 11.3 Å². The average Bonchev–Trinajstić information content (AvgIpc) is 3.92. The summed E-state index contributed by atoms with van der Waals surface area (Å²) in [5.74, 6) is 1.71. The average molecular weight is 785 g/mol. The van der Waals surface area contributed by atoms with Crippen molar-refractivity contribution in [2.45, 2.75) is 112 Å². The number of ether oxygens (including phenoxy) is 3. The van der Waals surface area contributed by atoms with Gasteiger partial charge in [-0.25, -0.2) is 4.79 Å². The van der Waals surface area contributed by atoms with Crippen LogP contribution in [0.3, 0.4) is 0 Å². The van der Waals surface area contributed by atoms with Gasteiger partial charge in [0.25, 0.3) is 0 Å². The van der Waals surface area contributed by atoms with Crippen LogP contribution in [-0.4, -0.2) is 25.8 Å². The zero-order valence-electron chi connectivity index (χ0n) is 31.9. The lowest BCUT2D eigenvalue weighted by molar-refractivity contribution is 0.0532. The Morgan fingerprint density at radius 1 is 0.566 bits per heavy atom. The van der Waals surface area contributed by atoms with E-state index in [-0.39, 0.29) is 5.97 Å². The van der Waals surface area contributed by atoms with Gasteiger partial charge in [0, 0.05) is 51.0 Å². The Hall–Kier alpha value is -3.17. The molecule has 0 spiro atoms. The Bertz CT molecular complexity index is 2240. The quantitative estimate of drug-likeness (QED) is 0.0465. The summed E-state index contributed by atoms with van der Waals surface area (Å²) in [6, 6.07) is 16.0. The van der Waals surface area contributed by atoms with Crippen LogP contribution in [0.2, 0.25) is 0 Å². The van der Waals surface area contributed by atoms with Crippen molar-refractivity contribution in [1.82, 2.24) is 0 Å². The van der Waals surface area contributed by atoms with Crippen molar-refractivity contribution >= 4 is 103 Å². The number of rotatable bonds is 19. The molecule has 0 atom stereocenters. The van der Waals surface area contributed by atoms with Crippen LogP contribution in [0.25, 0.3) is 61.6 Å². The Balaban J connectivity index is 1.34. The van der Waals surface area contributed by atoms with E-state index < -0.39 is 0 Å². The molecule has 7 rings (SSSR count). The molecule has 0 radical (unpaired) electrons. The molecule has 0 aliphatic carbocycles. The molecule has 4 nitrogen and oxygen atoms in total. The fourth-order valence-corrected chi connectivity index (χ4v) is 12.0. The van der Waals surface area contributed by atoms with Crippen LogP contribution < -0.4 is 9.47 Å². The highest BCUT2D eigenvalue weighted by molar-refractivity contribution is 7.31. The SMILES string of the molecule is CCCCCCCCOc1c2cc3cc(-c4sc(C)c5cc(C(=O)OCC)sc45)sc3cc2c(OCCCCCCCC)c2cc3cc(C)sc3cc12. The fourth-order valence-electron chi connectivity index (χ4n) is 7.42. The molecule has 8 heteroatoms. The lowest BCUT2D eigenvalue weighted by atomic mass is 9.98. The van der Waals surface area contributed by atoms with Crippen molar-refractivity contribution in [2.75, 3.05) is 19.8 Å². The first kappa shape index (κ1) is 38.1. The molecular formula is C45H52O4S4. The maximum Gasteiger partial charge on any atom is 0.348 e. The van der Waals surface area contributed by atoms with Gasteiger partial charge < -0.3 is 14.2 Å². The first-order valence-electron chi connectivity index (χ1n) is 19.7. The number of benzene rings is 3. The highest BCUT2D eigenvalue weighted by atomic mass is 32.1. The van der Waals surface area contributed by atoms with Crippen LogP contribution in [-0.2, 0) is 4.74 Å². The van der Waals surface area contributed by atoms with Gasteiger partial charge in [0.1, 0.15) is 16.4 Å². The van der Waals surface area contributed by atoms with Crippen LogP contribution in [0, 0.1) is 13.8 Å². The van der Waals surface area contributed by atoms with Gasteiger partial charge in [0.2, 0.25) is 0 Å². The zero-order valence-corrected chi connectivity index (χ0v) is 35.2. The largest absolute Gasteiger partial charge is 0.492 e. The van der Waals surface area contributed by atoms with Crippen LogP contribution in [0.4, 0.5) is 0 Å². The van der Waals surface area contributed by atoms with Gasteiger partial charge in [-0.2, -0.15) is 0 Å².